The molecule has 4 heteroatoms. The summed E-state index contributed by atoms with van der Waals surface area (Å²) in [5.41, 5.74) is 4.15. The third-order valence-electron chi connectivity index (χ3n) is 4.35. The Morgan fingerprint density at radius 1 is 1.00 bits per heavy atom. The molecule has 0 saturated heterocycles. The van der Waals surface area contributed by atoms with E-state index in [4.69, 9.17) is 9.47 Å². The second kappa shape index (κ2) is 9.57. The van der Waals surface area contributed by atoms with E-state index in [9.17, 15) is 9.65 Å². The molecule has 0 radical (unpaired) electrons. The predicted molar refractivity (Wildman–Crippen MR) is 113 cm³/mol. The molecule has 0 atom stereocenters. The highest BCUT2D eigenvalue weighted by Crippen LogP contribution is 2.31. The molecule has 3 aromatic rings. The molecular weight excluding hydrogens is 365 g/mol. The Bertz CT molecular complexity index is 1050. The number of hydrogen-bond acceptors (Lipinski definition) is 3. The van der Waals surface area contributed by atoms with Crippen LogP contribution in [0.2, 0.25) is 0 Å². The molecule has 3 rings (SSSR count). The summed E-state index contributed by atoms with van der Waals surface area (Å²) in [5, 5.41) is 9.57. The molecule has 0 unspecified atom stereocenters. The van der Waals surface area contributed by atoms with Crippen LogP contribution in [0.15, 0.2) is 66.7 Å². The molecule has 29 heavy (non-hydrogen) atoms. The van der Waals surface area contributed by atoms with Crippen molar-refractivity contribution in [1.29, 1.82) is 5.26 Å². The topological polar surface area (TPSA) is 42.2 Å². The van der Waals surface area contributed by atoms with E-state index in [1.807, 2.05) is 56.3 Å². The van der Waals surface area contributed by atoms with Crippen LogP contribution >= 0.6 is 0 Å². The fourth-order valence-electron chi connectivity index (χ4n) is 2.87. The normalized spacial score (nSPS) is 11.0. The number of allylic oxidation sites excluding steroid dienone is 1. The summed E-state index contributed by atoms with van der Waals surface area (Å²) in [7, 11) is 0. The van der Waals surface area contributed by atoms with E-state index in [-0.39, 0.29) is 12.4 Å². The second-order valence-electron chi connectivity index (χ2n) is 6.59. The van der Waals surface area contributed by atoms with Crippen LogP contribution in [0.5, 0.6) is 11.5 Å². The minimum atomic E-state index is -0.295. The van der Waals surface area contributed by atoms with Crippen molar-refractivity contribution in [2.75, 3.05) is 6.61 Å². The highest BCUT2D eigenvalue weighted by Gasteiger charge is 2.08. The number of aryl methyl sites for hydroxylation is 1. The summed E-state index contributed by atoms with van der Waals surface area (Å²) < 4.78 is 24.9. The van der Waals surface area contributed by atoms with Gasteiger partial charge in [0.2, 0.25) is 0 Å². The summed E-state index contributed by atoms with van der Waals surface area (Å²) in [6.45, 7) is 4.62. The van der Waals surface area contributed by atoms with Gasteiger partial charge in [0.1, 0.15) is 12.4 Å². The lowest BCUT2D eigenvalue weighted by Gasteiger charge is -2.13. The molecule has 0 spiro atoms. The smallest absolute Gasteiger partial charge is 0.161 e. The first-order valence-electron chi connectivity index (χ1n) is 9.42. The summed E-state index contributed by atoms with van der Waals surface area (Å²) >= 11 is 0. The fourth-order valence-corrected chi connectivity index (χ4v) is 2.87. The van der Waals surface area contributed by atoms with Gasteiger partial charge in [0.05, 0.1) is 18.2 Å². The number of hydrogen-bond donors (Lipinski definition) is 0. The Morgan fingerprint density at radius 2 is 1.79 bits per heavy atom. The molecule has 0 N–H and O–H groups in total. The van der Waals surface area contributed by atoms with E-state index >= 15 is 0 Å². The maximum atomic E-state index is 13.3. The molecule has 0 aliphatic rings. The average molecular weight is 387 g/mol. The Balaban J connectivity index is 1.84. The summed E-state index contributed by atoms with van der Waals surface area (Å²) in [6.07, 6.45) is 1.82. The molecule has 0 saturated carbocycles. The van der Waals surface area contributed by atoms with Crippen LogP contribution in [0.3, 0.4) is 0 Å². The van der Waals surface area contributed by atoms with Crippen LogP contribution in [0.25, 0.3) is 11.6 Å². The van der Waals surface area contributed by atoms with Gasteiger partial charge in [-0.15, -0.1) is 0 Å². The van der Waals surface area contributed by atoms with Gasteiger partial charge < -0.3 is 9.47 Å². The standard InChI is InChI=1S/C25H22FNO2/c1-3-28-25-15-19(13-22(16-27)21-10-7-18(2)8-11-21)9-12-24(25)29-17-20-5-4-6-23(26)14-20/h4-15H,3,17H2,1-2H3/b22-13-. The van der Waals surface area contributed by atoms with Gasteiger partial charge in [-0.25, -0.2) is 4.39 Å². The van der Waals surface area contributed by atoms with Crippen LogP contribution < -0.4 is 9.47 Å². The van der Waals surface area contributed by atoms with E-state index in [0.29, 0.717) is 23.7 Å². The van der Waals surface area contributed by atoms with Crippen molar-refractivity contribution >= 4 is 11.6 Å². The first-order chi connectivity index (χ1) is 14.1. The number of halogens is 1. The zero-order chi connectivity index (χ0) is 20.6. The van der Waals surface area contributed by atoms with Gasteiger partial charge in [-0.3, -0.25) is 0 Å². The predicted octanol–water partition coefficient (Wildman–Crippen LogP) is 6.18. The lowest BCUT2D eigenvalue weighted by atomic mass is 10.0. The fraction of sp³-hybridized carbons (Fsp3) is 0.160. The minimum Gasteiger partial charge on any atom is -0.490 e. The van der Waals surface area contributed by atoms with Crippen LogP contribution in [-0.4, -0.2) is 6.61 Å². The van der Waals surface area contributed by atoms with Crippen LogP contribution in [0.1, 0.15) is 29.2 Å². The number of ether oxygens (including phenoxy) is 2. The molecule has 0 aliphatic carbocycles. The molecule has 0 aliphatic heterocycles. The van der Waals surface area contributed by atoms with Gasteiger partial charge in [-0.05, 0) is 60.9 Å². The van der Waals surface area contributed by atoms with E-state index in [1.165, 1.54) is 12.1 Å². The van der Waals surface area contributed by atoms with Crippen LogP contribution in [0.4, 0.5) is 4.39 Å². The van der Waals surface area contributed by atoms with E-state index < -0.39 is 0 Å². The molecule has 0 amide bonds. The SMILES string of the molecule is CCOc1cc(/C=C(/C#N)c2ccc(C)cc2)ccc1OCc1cccc(F)c1. The second-order valence-corrected chi connectivity index (χ2v) is 6.59. The summed E-state index contributed by atoms with van der Waals surface area (Å²) in [6, 6.07) is 21.9. The number of benzene rings is 3. The van der Waals surface area contributed by atoms with Gasteiger partial charge in [-0.1, -0.05) is 48.0 Å². The zero-order valence-corrected chi connectivity index (χ0v) is 16.5. The average Bonchev–Trinajstić information content (AvgIpc) is 2.72. The van der Waals surface area contributed by atoms with E-state index in [0.717, 1.165) is 22.3 Å². The quantitative estimate of drug-likeness (QED) is 0.359. The zero-order valence-electron chi connectivity index (χ0n) is 16.5. The molecule has 0 fully saturated rings. The maximum Gasteiger partial charge on any atom is 0.161 e. The first-order valence-corrected chi connectivity index (χ1v) is 9.42. The van der Waals surface area contributed by atoms with Gasteiger partial charge in [0.15, 0.2) is 11.5 Å². The van der Waals surface area contributed by atoms with Gasteiger partial charge in [0, 0.05) is 0 Å². The highest BCUT2D eigenvalue weighted by molar-refractivity contribution is 5.89. The molecule has 146 valence electrons. The molecule has 0 bridgehead atoms. The van der Waals surface area contributed by atoms with E-state index in [1.54, 1.807) is 18.2 Å². The van der Waals surface area contributed by atoms with Crippen molar-refractivity contribution in [2.24, 2.45) is 0 Å². The molecule has 0 aromatic heterocycles. The van der Waals surface area contributed by atoms with Crippen molar-refractivity contribution in [1.82, 2.24) is 0 Å². The molecular formula is C25H22FNO2. The van der Waals surface area contributed by atoms with E-state index in [2.05, 4.69) is 6.07 Å². The Kier molecular flexibility index (Phi) is 6.65. The Labute approximate surface area is 170 Å². The third kappa shape index (κ3) is 5.46. The van der Waals surface area contributed by atoms with Crippen molar-refractivity contribution in [3.8, 4) is 17.6 Å². The minimum absolute atomic E-state index is 0.236. The maximum absolute atomic E-state index is 13.3. The monoisotopic (exact) mass is 387 g/mol. The number of nitriles is 1. The molecule has 3 nitrogen and oxygen atoms in total. The highest BCUT2D eigenvalue weighted by atomic mass is 19.1. The van der Waals surface area contributed by atoms with Crippen molar-refractivity contribution in [3.05, 3.63) is 94.8 Å². The van der Waals surface area contributed by atoms with Crippen LogP contribution in [0, 0.1) is 24.1 Å². The van der Waals surface area contributed by atoms with Crippen LogP contribution in [-0.2, 0) is 6.61 Å². The largest absolute Gasteiger partial charge is 0.490 e. The lowest BCUT2D eigenvalue weighted by Crippen LogP contribution is -2.00. The first kappa shape index (κ1) is 20.2. The van der Waals surface area contributed by atoms with Crippen molar-refractivity contribution < 1.29 is 13.9 Å². The van der Waals surface area contributed by atoms with Crippen molar-refractivity contribution in [2.45, 2.75) is 20.5 Å². The number of nitrogens with zero attached hydrogens (tertiary/aromatic N) is 1. The molecule has 0 heterocycles. The number of rotatable bonds is 7. The Hall–Kier alpha value is -3.58. The van der Waals surface area contributed by atoms with Gasteiger partial charge >= 0.3 is 0 Å². The summed E-state index contributed by atoms with van der Waals surface area (Å²) in [5.74, 6) is 0.859. The van der Waals surface area contributed by atoms with Crippen molar-refractivity contribution in [3.63, 3.8) is 0 Å². The Morgan fingerprint density at radius 3 is 2.48 bits per heavy atom. The van der Waals surface area contributed by atoms with Gasteiger partial charge in [0.25, 0.3) is 0 Å². The molecule has 3 aromatic carbocycles. The third-order valence-corrected chi connectivity index (χ3v) is 4.35. The summed E-state index contributed by atoms with van der Waals surface area (Å²) in [4.78, 5) is 0. The van der Waals surface area contributed by atoms with Gasteiger partial charge in [-0.2, -0.15) is 5.26 Å². The lowest BCUT2D eigenvalue weighted by molar-refractivity contribution is 0.269.